The van der Waals surface area contributed by atoms with E-state index in [1.54, 1.807) is 18.5 Å². The molecule has 0 bridgehead atoms. The van der Waals surface area contributed by atoms with E-state index in [-0.39, 0.29) is 11.5 Å². The summed E-state index contributed by atoms with van der Waals surface area (Å²) in [6.07, 6.45) is 2.40. The van der Waals surface area contributed by atoms with E-state index in [4.69, 9.17) is 0 Å². The van der Waals surface area contributed by atoms with Crippen LogP contribution in [0.4, 0.5) is 0 Å². The molecule has 1 aromatic rings. The zero-order chi connectivity index (χ0) is 9.47. The Hall–Kier alpha value is -0.880. The highest BCUT2D eigenvalue weighted by molar-refractivity contribution is 7.91. The molecule has 1 aromatic heterocycles. The maximum absolute atomic E-state index is 11.1. The van der Waals surface area contributed by atoms with Crippen molar-refractivity contribution in [3.63, 3.8) is 0 Å². The lowest BCUT2D eigenvalue weighted by Gasteiger charge is -2.12. The molecule has 1 saturated heterocycles. The minimum atomic E-state index is -3.08. The summed E-state index contributed by atoms with van der Waals surface area (Å²) in [5.41, 5.74) is 0. The first-order valence-corrected chi connectivity index (χ1v) is 5.78. The van der Waals surface area contributed by atoms with Crippen LogP contribution in [-0.2, 0) is 9.84 Å². The molecule has 1 fully saturated rings. The topological polar surface area (TPSA) is 72.2 Å². The lowest BCUT2D eigenvalue weighted by atomic mass is 10.2. The molecule has 2 heterocycles. The average molecular weight is 202 g/mol. The van der Waals surface area contributed by atoms with Crippen molar-refractivity contribution in [3.05, 3.63) is 18.5 Å². The summed E-state index contributed by atoms with van der Waals surface area (Å²) in [7, 11) is -3.08. The van der Waals surface area contributed by atoms with Gasteiger partial charge in [0, 0.05) is 12.4 Å². The molecule has 5 nitrogen and oxygen atoms in total. The van der Waals surface area contributed by atoms with Gasteiger partial charge < -0.3 is 5.11 Å². The number of nitrogens with zero attached hydrogens (tertiary/aromatic N) is 2. The SMILES string of the molecule is O=S1(=O)CC(n2cccn2)[C@H](O)C1. The minimum Gasteiger partial charge on any atom is -0.390 e. The fourth-order valence-corrected chi connectivity index (χ4v) is 3.31. The number of sulfone groups is 1. The molecule has 1 aliphatic heterocycles. The highest BCUT2D eigenvalue weighted by Crippen LogP contribution is 2.22. The van der Waals surface area contributed by atoms with Crippen LogP contribution in [-0.4, -0.2) is 40.9 Å². The number of rotatable bonds is 1. The number of aromatic nitrogens is 2. The summed E-state index contributed by atoms with van der Waals surface area (Å²) in [4.78, 5) is 0. The van der Waals surface area contributed by atoms with Gasteiger partial charge in [-0.25, -0.2) is 8.42 Å². The molecule has 13 heavy (non-hydrogen) atoms. The fraction of sp³-hybridized carbons (Fsp3) is 0.571. The normalized spacial score (nSPS) is 32.1. The number of hydrogen-bond donors (Lipinski definition) is 1. The predicted molar refractivity (Wildman–Crippen MR) is 45.9 cm³/mol. The van der Waals surface area contributed by atoms with Gasteiger partial charge in [0.05, 0.1) is 23.7 Å². The van der Waals surface area contributed by atoms with Crippen molar-refractivity contribution in [1.29, 1.82) is 0 Å². The van der Waals surface area contributed by atoms with Gasteiger partial charge in [0.2, 0.25) is 0 Å². The molecule has 6 heteroatoms. The van der Waals surface area contributed by atoms with E-state index in [0.29, 0.717) is 0 Å². The predicted octanol–water partition coefficient (Wildman–Crippen LogP) is -0.786. The van der Waals surface area contributed by atoms with Crippen LogP contribution in [0.5, 0.6) is 0 Å². The van der Waals surface area contributed by atoms with E-state index < -0.39 is 22.0 Å². The maximum atomic E-state index is 11.1. The second-order valence-corrected chi connectivity index (χ2v) is 5.35. The van der Waals surface area contributed by atoms with Crippen LogP contribution in [0.2, 0.25) is 0 Å². The first kappa shape index (κ1) is 8.71. The van der Waals surface area contributed by atoms with E-state index in [1.807, 2.05) is 0 Å². The van der Waals surface area contributed by atoms with Gasteiger partial charge >= 0.3 is 0 Å². The Morgan fingerprint density at radius 3 is 2.69 bits per heavy atom. The molecule has 1 aliphatic rings. The van der Waals surface area contributed by atoms with Gasteiger partial charge in [-0.1, -0.05) is 0 Å². The molecule has 0 aliphatic carbocycles. The standard InChI is InChI=1S/C7H10N2O3S/c10-7-5-13(11,12)4-6(7)9-3-1-2-8-9/h1-3,6-7,10H,4-5H2/t6?,7-/m1/s1. The molecule has 1 unspecified atom stereocenters. The Labute approximate surface area is 75.9 Å². The van der Waals surface area contributed by atoms with E-state index in [2.05, 4.69) is 5.10 Å². The number of aliphatic hydroxyl groups excluding tert-OH is 1. The minimum absolute atomic E-state index is 0.0180. The Morgan fingerprint density at radius 2 is 2.23 bits per heavy atom. The monoisotopic (exact) mass is 202 g/mol. The van der Waals surface area contributed by atoms with Crippen molar-refractivity contribution in [2.24, 2.45) is 0 Å². The van der Waals surface area contributed by atoms with Gasteiger partial charge in [-0.05, 0) is 6.07 Å². The summed E-state index contributed by atoms with van der Waals surface area (Å²) < 4.78 is 23.8. The summed E-state index contributed by atoms with van der Waals surface area (Å²) in [6.45, 7) is 0. The summed E-state index contributed by atoms with van der Waals surface area (Å²) in [5.74, 6) is -0.173. The lowest BCUT2D eigenvalue weighted by molar-refractivity contribution is 0.146. The summed E-state index contributed by atoms with van der Waals surface area (Å²) >= 11 is 0. The number of hydrogen-bond acceptors (Lipinski definition) is 4. The molecule has 2 rings (SSSR count). The Balaban J connectivity index is 2.28. The fourth-order valence-electron chi connectivity index (χ4n) is 1.54. The molecule has 0 amide bonds. The van der Waals surface area contributed by atoms with Crippen molar-refractivity contribution in [2.75, 3.05) is 11.5 Å². The van der Waals surface area contributed by atoms with E-state index >= 15 is 0 Å². The molecular formula is C7H10N2O3S. The zero-order valence-electron chi connectivity index (χ0n) is 6.87. The number of aliphatic hydroxyl groups is 1. The molecule has 0 saturated carbocycles. The van der Waals surface area contributed by atoms with Crippen molar-refractivity contribution in [3.8, 4) is 0 Å². The highest BCUT2D eigenvalue weighted by Gasteiger charge is 2.37. The largest absolute Gasteiger partial charge is 0.390 e. The third-order valence-electron chi connectivity index (χ3n) is 2.16. The zero-order valence-corrected chi connectivity index (χ0v) is 7.68. The quantitative estimate of drug-likeness (QED) is 0.648. The van der Waals surface area contributed by atoms with Crippen molar-refractivity contribution < 1.29 is 13.5 Å². The first-order valence-electron chi connectivity index (χ1n) is 3.96. The Morgan fingerprint density at radius 1 is 1.46 bits per heavy atom. The third kappa shape index (κ3) is 1.59. The summed E-state index contributed by atoms with van der Waals surface area (Å²) in [5, 5.41) is 13.4. The van der Waals surface area contributed by atoms with E-state index in [1.165, 1.54) is 4.68 Å². The van der Waals surface area contributed by atoms with Gasteiger partial charge in [-0.3, -0.25) is 4.68 Å². The smallest absolute Gasteiger partial charge is 0.155 e. The van der Waals surface area contributed by atoms with Crippen LogP contribution >= 0.6 is 0 Å². The highest BCUT2D eigenvalue weighted by atomic mass is 32.2. The van der Waals surface area contributed by atoms with Gasteiger partial charge in [0.1, 0.15) is 0 Å². The molecule has 0 aromatic carbocycles. The van der Waals surface area contributed by atoms with Gasteiger partial charge in [0.25, 0.3) is 0 Å². The van der Waals surface area contributed by atoms with E-state index in [9.17, 15) is 13.5 Å². The molecule has 1 N–H and O–H groups in total. The van der Waals surface area contributed by atoms with Gasteiger partial charge in [-0.2, -0.15) is 5.10 Å². The van der Waals surface area contributed by atoms with Crippen LogP contribution in [0.25, 0.3) is 0 Å². The molecule has 2 atom stereocenters. The Kier molecular flexibility index (Phi) is 1.88. The van der Waals surface area contributed by atoms with Crippen LogP contribution < -0.4 is 0 Å². The third-order valence-corrected chi connectivity index (χ3v) is 3.86. The van der Waals surface area contributed by atoms with E-state index in [0.717, 1.165) is 0 Å². The molecular weight excluding hydrogens is 192 g/mol. The summed E-state index contributed by atoms with van der Waals surface area (Å²) in [6, 6.07) is 1.29. The van der Waals surface area contributed by atoms with Crippen LogP contribution in [0.3, 0.4) is 0 Å². The Bertz CT molecular complexity index is 384. The van der Waals surface area contributed by atoms with Crippen LogP contribution in [0, 0.1) is 0 Å². The van der Waals surface area contributed by atoms with Crippen LogP contribution in [0.15, 0.2) is 18.5 Å². The van der Waals surface area contributed by atoms with Crippen LogP contribution in [0.1, 0.15) is 6.04 Å². The second kappa shape index (κ2) is 2.81. The maximum Gasteiger partial charge on any atom is 0.155 e. The second-order valence-electron chi connectivity index (χ2n) is 3.20. The van der Waals surface area contributed by atoms with Gasteiger partial charge in [0.15, 0.2) is 9.84 Å². The molecule has 0 radical (unpaired) electrons. The molecule has 72 valence electrons. The van der Waals surface area contributed by atoms with Crippen molar-refractivity contribution in [2.45, 2.75) is 12.1 Å². The first-order chi connectivity index (χ1) is 6.08. The molecule has 0 spiro atoms. The van der Waals surface area contributed by atoms with Crippen molar-refractivity contribution >= 4 is 9.84 Å². The van der Waals surface area contributed by atoms with Gasteiger partial charge in [-0.15, -0.1) is 0 Å². The van der Waals surface area contributed by atoms with Crippen molar-refractivity contribution in [1.82, 2.24) is 9.78 Å². The average Bonchev–Trinajstić information content (AvgIpc) is 2.56. The lowest BCUT2D eigenvalue weighted by Crippen LogP contribution is -2.22.